The standard InChI is InChI=1S/C17H21N3O2/c1-14-4-2-5-15(12-14)18-17(21)20-9-7-19(8-10-20)13-16-6-3-11-22-16/h2-6,11-12H,7-10,13H2,1H3,(H,18,21)/p+1. The molecule has 22 heavy (non-hydrogen) atoms. The third kappa shape index (κ3) is 3.68. The summed E-state index contributed by atoms with van der Waals surface area (Å²) in [7, 11) is 0. The number of carbonyl (C=O) groups excluding carboxylic acids is 1. The zero-order chi connectivity index (χ0) is 15.4. The molecule has 1 aromatic carbocycles. The van der Waals surface area contributed by atoms with E-state index in [1.165, 1.54) is 4.90 Å². The normalized spacial score (nSPS) is 15.8. The van der Waals surface area contributed by atoms with Crippen molar-refractivity contribution in [2.75, 3.05) is 31.5 Å². The average Bonchev–Trinajstić information content (AvgIpc) is 3.01. The molecular formula is C17H22N3O2+. The van der Waals surface area contributed by atoms with Crippen LogP contribution in [0.2, 0.25) is 0 Å². The van der Waals surface area contributed by atoms with E-state index < -0.39 is 0 Å². The van der Waals surface area contributed by atoms with Crippen molar-refractivity contribution in [3.05, 3.63) is 54.0 Å². The summed E-state index contributed by atoms with van der Waals surface area (Å²) in [6.45, 7) is 6.35. The van der Waals surface area contributed by atoms with Crippen LogP contribution in [-0.4, -0.2) is 37.1 Å². The molecule has 5 nitrogen and oxygen atoms in total. The fourth-order valence-corrected chi connectivity index (χ4v) is 2.79. The molecule has 0 bridgehead atoms. The first-order valence-corrected chi connectivity index (χ1v) is 7.69. The molecule has 1 aromatic heterocycles. The van der Waals surface area contributed by atoms with Gasteiger partial charge in [0.25, 0.3) is 0 Å². The summed E-state index contributed by atoms with van der Waals surface area (Å²) < 4.78 is 5.39. The summed E-state index contributed by atoms with van der Waals surface area (Å²) in [4.78, 5) is 15.6. The molecule has 1 aliphatic rings. The Labute approximate surface area is 130 Å². The fourth-order valence-electron chi connectivity index (χ4n) is 2.79. The minimum absolute atomic E-state index is 0.0114. The van der Waals surface area contributed by atoms with Gasteiger partial charge in [0, 0.05) is 5.69 Å². The smallest absolute Gasteiger partial charge is 0.322 e. The topological polar surface area (TPSA) is 49.9 Å². The SMILES string of the molecule is Cc1cccc(NC(=O)N2CC[NH+](Cc3ccco3)CC2)c1. The molecule has 1 aliphatic heterocycles. The van der Waals surface area contributed by atoms with Crippen LogP contribution < -0.4 is 10.2 Å². The predicted octanol–water partition coefficient (Wildman–Crippen LogP) is 1.52. The van der Waals surface area contributed by atoms with Crippen molar-refractivity contribution in [2.24, 2.45) is 0 Å². The van der Waals surface area contributed by atoms with Crippen LogP contribution in [0.25, 0.3) is 0 Å². The van der Waals surface area contributed by atoms with E-state index >= 15 is 0 Å². The summed E-state index contributed by atoms with van der Waals surface area (Å²) in [5.74, 6) is 1.01. The highest BCUT2D eigenvalue weighted by molar-refractivity contribution is 5.89. The Morgan fingerprint density at radius 1 is 1.27 bits per heavy atom. The Bertz CT molecular complexity index is 617. The third-order valence-corrected chi connectivity index (χ3v) is 4.03. The highest BCUT2D eigenvalue weighted by atomic mass is 16.3. The van der Waals surface area contributed by atoms with Crippen molar-refractivity contribution in [3.8, 4) is 0 Å². The number of hydrogen-bond acceptors (Lipinski definition) is 2. The van der Waals surface area contributed by atoms with Gasteiger partial charge in [0.05, 0.1) is 32.4 Å². The number of rotatable bonds is 3. The van der Waals surface area contributed by atoms with Gasteiger partial charge >= 0.3 is 6.03 Å². The Morgan fingerprint density at radius 2 is 2.09 bits per heavy atom. The number of hydrogen-bond donors (Lipinski definition) is 2. The Hall–Kier alpha value is -2.27. The van der Waals surface area contributed by atoms with Gasteiger partial charge in [-0.1, -0.05) is 12.1 Å². The molecule has 0 saturated carbocycles. The number of aryl methyl sites for hydroxylation is 1. The van der Waals surface area contributed by atoms with Crippen LogP contribution in [-0.2, 0) is 6.54 Å². The van der Waals surface area contributed by atoms with Crippen LogP contribution in [0.15, 0.2) is 47.1 Å². The van der Waals surface area contributed by atoms with E-state index in [1.807, 2.05) is 48.2 Å². The van der Waals surface area contributed by atoms with E-state index in [9.17, 15) is 4.79 Å². The van der Waals surface area contributed by atoms with E-state index in [4.69, 9.17) is 4.42 Å². The zero-order valence-corrected chi connectivity index (χ0v) is 12.8. The van der Waals surface area contributed by atoms with Gasteiger partial charge < -0.3 is 19.5 Å². The third-order valence-electron chi connectivity index (χ3n) is 4.03. The number of amides is 2. The molecule has 0 aliphatic carbocycles. The molecule has 2 N–H and O–H groups in total. The van der Waals surface area contributed by atoms with Gasteiger partial charge in [0.1, 0.15) is 6.54 Å². The van der Waals surface area contributed by atoms with E-state index in [0.29, 0.717) is 0 Å². The zero-order valence-electron chi connectivity index (χ0n) is 12.8. The monoisotopic (exact) mass is 300 g/mol. The van der Waals surface area contributed by atoms with Crippen molar-refractivity contribution in [3.63, 3.8) is 0 Å². The lowest BCUT2D eigenvalue weighted by molar-refractivity contribution is -0.918. The molecule has 2 heterocycles. The lowest BCUT2D eigenvalue weighted by Gasteiger charge is -2.31. The molecule has 2 aromatic rings. The first kappa shape index (κ1) is 14.7. The highest BCUT2D eigenvalue weighted by Gasteiger charge is 2.24. The Balaban J connectivity index is 1.49. The number of carbonyl (C=O) groups is 1. The largest absolute Gasteiger partial charge is 0.463 e. The second-order valence-corrected chi connectivity index (χ2v) is 5.79. The molecule has 116 valence electrons. The first-order valence-electron chi connectivity index (χ1n) is 7.69. The van der Waals surface area contributed by atoms with Gasteiger partial charge in [0.2, 0.25) is 0 Å². The first-order chi connectivity index (χ1) is 10.7. The van der Waals surface area contributed by atoms with Crippen molar-refractivity contribution in [1.82, 2.24) is 4.90 Å². The second kappa shape index (κ2) is 6.66. The van der Waals surface area contributed by atoms with Gasteiger partial charge in [0.15, 0.2) is 5.76 Å². The number of benzene rings is 1. The highest BCUT2D eigenvalue weighted by Crippen LogP contribution is 2.10. The maximum Gasteiger partial charge on any atom is 0.322 e. The lowest BCUT2D eigenvalue weighted by Crippen LogP contribution is -3.13. The minimum atomic E-state index is -0.0114. The van der Waals surface area contributed by atoms with Crippen LogP contribution in [0.5, 0.6) is 0 Å². The summed E-state index contributed by atoms with van der Waals surface area (Å²) in [5, 5.41) is 2.97. The molecular weight excluding hydrogens is 278 g/mol. The number of anilines is 1. The quantitative estimate of drug-likeness (QED) is 0.903. The van der Waals surface area contributed by atoms with Crippen LogP contribution >= 0.6 is 0 Å². The van der Waals surface area contributed by atoms with E-state index in [1.54, 1.807) is 6.26 Å². The van der Waals surface area contributed by atoms with Crippen LogP contribution in [0, 0.1) is 6.92 Å². The molecule has 0 spiro atoms. The summed E-state index contributed by atoms with van der Waals surface area (Å²) in [6, 6.07) is 11.8. The van der Waals surface area contributed by atoms with E-state index in [-0.39, 0.29) is 6.03 Å². The molecule has 5 heteroatoms. The number of quaternary nitrogens is 1. The van der Waals surface area contributed by atoms with Crippen molar-refractivity contribution in [2.45, 2.75) is 13.5 Å². The van der Waals surface area contributed by atoms with Crippen LogP contribution in [0.4, 0.5) is 10.5 Å². The Kier molecular flexibility index (Phi) is 4.44. The minimum Gasteiger partial charge on any atom is -0.463 e. The van der Waals surface area contributed by atoms with Gasteiger partial charge in [-0.2, -0.15) is 0 Å². The Morgan fingerprint density at radius 3 is 2.77 bits per heavy atom. The molecule has 0 atom stereocenters. The number of urea groups is 1. The van der Waals surface area contributed by atoms with Crippen molar-refractivity contribution >= 4 is 11.7 Å². The lowest BCUT2D eigenvalue weighted by atomic mass is 10.2. The number of piperazine rings is 1. The van der Waals surface area contributed by atoms with Gasteiger partial charge in [-0.05, 0) is 36.8 Å². The number of nitrogens with one attached hydrogen (secondary N) is 2. The molecule has 2 amide bonds. The van der Waals surface area contributed by atoms with Crippen LogP contribution in [0.1, 0.15) is 11.3 Å². The predicted molar refractivity (Wildman–Crippen MR) is 84.9 cm³/mol. The fraction of sp³-hybridized carbons (Fsp3) is 0.353. The second-order valence-electron chi connectivity index (χ2n) is 5.79. The van der Waals surface area contributed by atoms with E-state index in [2.05, 4.69) is 5.32 Å². The summed E-state index contributed by atoms with van der Waals surface area (Å²) in [5.41, 5.74) is 2.00. The molecule has 1 fully saturated rings. The molecule has 0 unspecified atom stereocenters. The van der Waals surface area contributed by atoms with Crippen LogP contribution in [0.3, 0.4) is 0 Å². The van der Waals surface area contributed by atoms with Gasteiger partial charge in [-0.15, -0.1) is 0 Å². The maximum absolute atomic E-state index is 12.3. The summed E-state index contributed by atoms with van der Waals surface area (Å²) >= 11 is 0. The average molecular weight is 300 g/mol. The molecule has 3 rings (SSSR count). The van der Waals surface area contributed by atoms with Gasteiger partial charge in [-0.3, -0.25) is 0 Å². The molecule has 1 saturated heterocycles. The van der Waals surface area contributed by atoms with Crippen molar-refractivity contribution < 1.29 is 14.1 Å². The number of nitrogens with zero attached hydrogens (tertiary/aromatic N) is 1. The number of furan rings is 1. The maximum atomic E-state index is 12.3. The van der Waals surface area contributed by atoms with E-state index in [0.717, 1.165) is 49.7 Å². The van der Waals surface area contributed by atoms with Gasteiger partial charge in [-0.25, -0.2) is 4.79 Å². The summed E-state index contributed by atoms with van der Waals surface area (Å²) in [6.07, 6.45) is 1.71. The van der Waals surface area contributed by atoms with Crippen molar-refractivity contribution in [1.29, 1.82) is 0 Å². The molecule has 0 radical (unpaired) electrons.